The summed E-state index contributed by atoms with van der Waals surface area (Å²) in [5.41, 5.74) is 0. The summed E-state index contributed by atoms with van der Waals surface area (Å²) >= 11 is 0. The second kappa shape index (κ2) is 6.31. The van der Waals surface area contributed by atoms with E-state index in [9.17, 15) is 22.8 Å². The lowest BCUT2D eigenvalue weighted by Crippen LogP contribution is -2.39. The standard InChI is InChI=1S/C8H13F3N2O3/c1-12-6(14)2-3-13(4-7(15)16)5-8(9,10)11/h2-5H2,1H3,(H,12,14)(H,15,16). The SMILES string of the molecule is CNC(=O)CCN(CC(=O)O)CC(F)(F)F. The van der Waals surface area contributed by atoms with Crippen molar-refractivity contribution in [2.75, 3.05) is 26.7 Å². The molecule has 0 saturated heterocycles. The molecule has 0 unspecified atom stereocenters. The maximum atomic E-state index is 12.0. The molecule has 1 amide bonds. The zero-order valence-corrected chi connectivity index (χ0v) is 8.67. The van der Waals surface area contributed by atoms with E-state index in [0.717, 1.165) is 0 Å². The van der Waals surface area contributed by atoms with E-state index in [1.54, 1.807) is 0 Å². The van der Waals surface area contributed by atoms with Crippen LogP contribution in [0.25, 0.3) is 0 Å². The number of carboxylic acid groups (broad SMARTS) is 1. The summed E-state index contributed by atoms with van der Waals surface area (Å²) in [6.45, 7) is -2.32. The molecule has 5 nitrogen and oxygen atoms in total. The van der Waals surface area contributed by atoms with Crippen molar-refractivity contribution in [2.24, 2.45) is 0 Å². The molecule has 0 fully saturated rings. The van der Waals surface area contributed by atoms with Crippen LogP contribution in [0.2, 0.25) is 0 Å². The Morgan fingerprint density at radius 3 is 2.31 bits per heavy atom. The molecule has 0 bridgehead atoms. The number of carbonyl (C=O) groups is 2. The van der Waals surface area contributed by atoms with E-state index in [2.05, 4.69) is 5.32 Å². The summed E-state index contributed by atoms with van der Waals surface area (Å²) in [6, 6.07) is 0. The van der Waals surface area contributed by atoms with Crippen molar-refractivity contribution in [1.82, 2.24) is 10.2 Å². The first kappa shape index (κ1) is 14.7. The van der Waals surface area contributed by atoms with E-state index < -0.39 is 31.1 Å². The highest BCUT2D eigenvalue weighted by Crippen LogP contribution is 2.16. The number of alkyl halides is 3. The topological polar surface area (TPSA) is 69.6 Å². The number of nitrogens with one attached hydrogen (secondary N) is 1. The van der Waals surface area contributed by atoms with Crippen LogP contribution in [0, 0.1) is 0 Å². The van der Waals surface area contributed by atoms with Crippen molar-refractivity contribution in [1.29, 1.82) is 0 Å². The van der Waals surface area contributed by atoms with Crippen molar-refractivity contribution in [3.63, 3.8) is 0 Å². The van der Waals surface area contributed by atoms with Gasteiger partial charge in [0.15, 0.2) is 0 Å². The van der Waals surface area contributed by atoms with Gasteiger partial charge >= 0.3 is 12.1 Å². The van der Waals surface area contributed by atoms with E-state index in [-0.39, 0.29) is 13.0 Å². The predicted molar refractivity (Wildman–Crippen MR) is 48.8 cm³/mol. The number of carbonyl (C=O) groups excluding carboxylic acids is 1. The van der Waals surface area contributed by atoms with E-state index in [4.69, 9.17) is 5.11 Å². The fourth-order valence-corrected chi connectivity index (χ4v) is 1.04. The molecule has 0 rings (SSSR count). The summed E-state index contributed by atoms with van der Waals surface area (Å²) in [4.78, 5) is 21.8. The molecular weight excluding hydrogens is 229 g/mol. The number of amides is 1. The van der Waals surface area contributed by atoms with E-state index in [1.807, 2.05) is 0 Å². The molecule has 0 aliphatic rings. The summed E-state index contributed by atoms with van der Waals surface area (Å²) in [5, 5.41) is 10.6. The Balaban J connectivity index is 4.21. The van der Waals surface area contributed by atoms with Crippen LogP contribution in [-0.4, -0.2) is 54.7 Å². The lowest BCUT2D eigenvalue weighted by atomic mass is 10.3. The fraction of sp³-hybridized carbons (Fsp3) is 0.750. The minimum absolute atomic E-state index is 0.167. The molecule has 0 aliphatic carbocycles. The van der Waals surface area contributed by atoms with Gasteiger partial charge in [-0.1, -0.05) is 0 Å². The first-order valence-corrected chi connectivity index (χ1v) is 4.46. The molecule has 0 heterocycles. The Hall–Kier alpha value is -1.31. The minimum atomic E-state index is -4.47. The number of halogens is 3. The Bertz CT molecular complexity index is 255. The van der Waals surface area contributed by atoms with Gasteiger partial charge in [0.2, 0.25) is 5.91 Å². The Kier molecular flexibility index (Phi) is 5.79. The first-order valence-electron chi connectivity index (χ1n) is 4.46. The number of hydrogen-bond acceptors (Lipinski definition) is 3. The predicted octanol–water partition coefficient (Wildman–Crippen LogP) is 0.0714. The van der Waals surface area contributed by atoms with Crippen molar-refractivity contribution in [3.05, 3.63) is 0 Å². The van der Waals surface area contributed by atoms with Gasteiger partial charge in [-0.2, -0.15) is 13.2 Å². The third-order valence-electron chi connectivity index (χ3n) is 1.70. The van der Waals surface area contributed by atoms with Crippen LogP contribution in [-0.2, 0) is 9.59 Å². The van der Waals surface area contributed by atoms with Crippen molar-refractivity contribution in [3.8, 4) is 0 Å². The van der Waals surface area contributed by atoms with E-state index >= 15 is 0 Å². The molecule has 0 radical (unpaired) electrons. The maximum absolute atomic E-state index is 12.0. The van der Waals surface area contributed by atoms with Crippen molar-refractivity contribution < 1.29 is 27.9 Å². The second-order valence-electron chi connectivity index (χ2n) is 3.14. The summed E-state index contributed by atoms with van der Waals surface area (Å²) in [6.07, 6.45) is -4.64. The van der Waals surface area contributed by atoms with Crippen LogP contribution in [0.4, 0.5) is 13.2 Å². The molecule has 8 heteroatoms. The van der Waals surface area contributed by atoms with Gasteiger partial charge in [-0.3, -0.25) is 14.5 Å². The van der Waals surface area contributed by atoms with Gasteiger partial charge < -0.3 is 10.4 Å². The van der Waals surface area contributed by atoms with Crippen LogP contribution in [0.5, 0.6) is 0 Å². The van der Waals surface area contributed by atoms with E-state index in [0.29, 0.717) is 4.90 Å². The lowest BCUT2D eigenvalue weighted by Gasteiger charge is -2.21. The zero-order chi connectivity index (χ0) is 12.8. The second-order valence-corrected chi connectivity index (χ2v) is 3.14. The van der Waals surface area contributed by atoms with Gasteiger partial charge in [-0.25, -0.2) is 0 Å². The average molecular weight is 242 g/mol. The Labute approximate surface area is 90.2 Å². The van der Waals surface area contributed by atoms with Gasteiger partial charge in [0, 0.05) is 20.0 Å². The van der Waals surface area contributed by atoms with Crippen molar-refractivity contribution in [2.45, 2.75) is 12.6 Å². The molecule has 2 N–H and O–H groups in total. The normalized spacial score (nSPS) is 11.6. The van der Waals surface area contributed by atoms with Crippen LogP contribution in [0.1, 0.15) is 6.42 Å². The largest absolute Gasteiger partial charge is 0.480 e. The number of aliphatic carboxylic acids is 1. The molecule has 0 aromatic heterocycles. The summed E-state index contributed by atoms with van der Waals surface area (Å²) < 4.78 is 36.1. The molecule has 0 aromatic rings. The summed E-state index contributed by atoms with van der Waals surface area (Å²) in [7, 11) is 1.35. The monoisotopic (exact) mass is 242 g/mol. The van der Waals surface area contributed by atoms with Crippen LogP contribution in [0.15, 0.2) is 0 Å². The number of hydrogen-bond donors (Lipinski definition) is 2. The molecule has 0 aromatic carbocycles. The molecular formula is C8H13F3N2O3. The Morgan fingerprint density at radius 2 is 1.94 bits per heavy atom. The van der Waals surface area contributed by atoms with Gasteiger partial charge in [0.05, 0.1) is 13.1 Å². The average Bonchev–Trinajstić information content (AvgIpc) is 2.10. The molecule has 0 atom stereocenters. The van der Waals surface area contributed by atoms with Crippen LogP contribution >= 0.6 is 0 Å². The molecule has 0 spiro atoms. The maximum Gasteiger partial charge on any atom is 0.401 e. The molecule has 0 aliphatic heterocycles. The van der Waals surface area contributed by atoms with Gasteiger partial charge in [0.1, 0.15) is 0 Å². The Morgan fingerprint density at radius 1 is 1.38 bits per heavy atom. The highest BCUT2D eigenvalue weighted by molar-refractivity contribution is 5.75. The summed E-state index contributed by atoms with van der Waals surface area (Å²) in [5.74, 6) is -1.79. The molecule has 0 saturated carbocycles. The molecule has 94 valence electrons. The lowest BCUT2D eigenvalue weighted by molar-refractivity contribution is -0.154. The third-order valence-corrected chi connectivity index (χ3v) is 1.70. The van der Waals surface area contributed by atoms with Gasteiger partial charge in [-0.05, 0) is 0 Å². The molecule has 16 heavy (non-hydrogen) atoms. The number of rotatable bonds is 6. The highest BCUT2D eigenvalue weighted by Gasteiger charge is 2.31. The third kappa shape index (κ3) is 8.04. The van der Waals surface area contributed by atoms with Crippen molar-refractivity contribution >= 4 is 11.9 Å². The quantitative estimate of drug-likeness (QED) is 0.691. The van der Waals surface area contributed by atoms with Crippen LogP contribution < -0.4 is 5.32 Å². The first-order chi connectivity index (χ1) is 7.24. The zero-order valence-electron chi connectivity index (χ0n) is 8.67. The minimum Gasteiger partial charge on any atom is -0.480 e. The van der Waals surface area contributed by atoms with E-state index in [1.165, 1.54) is 7.05 Å². The highest BCUT2D eigenvalue weighted by atomic mass is 19.4. The fourth-order valence-electron chi connectivity index (χ4n) is 1.04. The van der Waals surface area contributed by atoms with Crippen LogP contribution in [0.3, 0.4) is 0 Å². The number of carboxylic acids is 1. The van der Waals surface area contributed by atoms with Gasteiger partial charge in [-0.15, -0.1) is 0 Å². The number of nitrogens with zero attached hydrogens (tertiary/aromatic N) is 1. The van der Waals surface area contributed by atoms with Gasteiger partial charge in [0.25, 0.3) is 0 Å². The smallest absolute Gasteiger partial charge is 0.401 e.